The van der Waals surface area contributed by atoms with E-state index < -0.39 is 0 Å². The average molecular weight is 2490 g/mol. The van der Waals surface area contributed by atoms with Crippen molar-refractivity contribution in [3.05, 3.63) is 481 Å². The molecule has 13 heterocycles. The maximum Gasteiger partial charge on any atom is 2.00 e. The minimum atomic E-state index is 0. The van der Waals surface area contributed by atoms with Crippen LogP contribution in [0.3, 0.4) is 0 Å². The molecule has 0 N–H and O–H groups in total. The van der Waals surface area contributed by atoms with E-state index in [2.05, 4.69) is 120 Å². The average Bonchev–Trinajstić information content (AvgIpc) is 1.60. The van der Waals surface area contributed by atoms with Crippen molar-refractivity contribution in [3.63, 3.8) is 0 Å². The Hall–Kier alpha value is -14.7. The van der Waals surface area contributed by atoms with Crippen molar-refractivity contribution in [3.8, 4) is 101 Å². The van der Waals surface area contributed by atoms with Crippen molar-refractivity contribution in [1.82, 2.24) is 49.8 Å². The van der Waals surface area contributed by atoms with E-state index in [0.717, 1.165) is 170 Å². The first-order chi connectivity index (χ1) is 64.4. The van der Waals surface area contributed by atoms with Gasteiger partial charge in [-0.25, -0.2) is 29.9 Å². The van der Waals surface area contributed by atoms with Gasteiger partial charge < -0.3 is 29.9 Å². The predicted octanol–water partition coefficient (Wildman–Crippen LogP) is 28.8. The van der Waals surface area contributed by atoms with Crippen molar-refractivity contribution >= 4 is 104 Å². The summed E-state index contributed by atoms with van der Waals surface area (Å²) in [5, 5.41) is 15.6. The van der Waals surface area contributed by atoms with Crippen LogP contribution in [0, 0.1) is 24.3 Å². The summed E-state index contributed by atoms with van der Waals surface area (Å²) in [5.74, 6) is 6.94. The number of thiazole rings is 2. The minimum Gasteiger partial charge on any atom is -0.497 e. The largest absolute Gasteiger partial charge is 2.00 e. The van der Waals surface area contributed by atoms with Crippen molar-refractivity contribution < 1.29 is 93.7 Å². The number of hydrogen-bond donors (Lipinski definition) is 0. The van der Waals surface area contributed by atoms with E-state index in [0.29, 0.717) is 23.3 Å². The molecule has 0 saturated carbocycles. The third-order valence-electron chi connectivity index (χ3n) is 20.7. The number of para-hydroxylation sites is 8. The second kappa shape index (κ2) is 44.5. The van der Waals surface area contributed by atoms with E-state index >= 15 is 0 Å². The third kappa shape index (κ3) is 21.9. The van der Waals surface area contributed by atoms with Gasteiger partial charge in [0.05, 0.1) is 22.8 Å². The molecule has 0 fully saturated rings. The first-order valence-corrected chi connectivity index (χ1v) is 43.5. The molecule has 134 heavy (non-hydrogen) atoms. The third-order valence-corrected chi connectivity index (χ3v) is 22.3. The number of benzene rings is 10. The second-order valence-electron chi connectivity index (χ2n) is 29.3. The zero-order chi connectivity index (χ0) is 87.0. The van der Waals surface area contributed by atoms with Crippen LogP contribution in [-0.2, 0) is 84.3 Å². The van der Waals surface area contributed by atoms with E-state index in [1.807, 2.05) is 355 Å². The van der Waals surface area contributed by atoms with Gasteiger partial charge in [-0.15, -0.1) is 142 Å². The summed E-state index contributed by atoms with van der Waals surface area (Å²) in [4.78, 5) is 56.0. The summed E-state index contributed by atoms with van der Waals surface area (Å²) in [6, 6.07) is 145. The Morgan fingerprint density at radius 1 is 0.291 bits per heavy atom. The zero-order valence-electron chi connectivity index (χ0n) is 70.6. The number of anilines is 10. The Balaban J connectivity index is 0.000000131. The van der Waals surface area contributed by atoms with E-state index in [4.69, 9.17) is 50.0 Å². The van der Waals surface area contributed by atoms with Gasteiger partial charge in [-0.3, -0.25) is 29.7 Å². The van der Waals surface area contributed by atoms with Gasteiger partial charge in [0.1, 0.15) is 44.7 Å². The molecular weight excluding hydrogens is 2420 g/mol. The molecular formula is C110H72N16O2Pt4S2. The van der Waals surface area contributed by atoms with Crippen LogP contribution in [0.5, 0.6) is 23.3 Å². The van der Waals surface area contributed by atoms with Gasteiger partial charge in [-0.05, 0) is 166 Å². The zero-order valence-corrected chi connectivity index (χ0v) is 81.3. The van der Waals surface area contributed by atoms with Crippen LogP contribution in [0.4, 0.5) is 68.8 Å². The molecule has 0 aliphatic carbocycles. The Kier molecular flexibility index (Phi) is 30.7. The number of hydrogen-bond acceptors (Lipinski definition) is 18. The number of ether oxygens (including phenoxy) is 2. The van der Waals surface area contributed by atoms with Crippen LogP contribution in [0.1, 0.15) is 11.4 Å². The van der Waals surface area contributed by atoms with E-state index in [1.54, 1.807) is 47.2 Å². The van der Waals surface area contributed by atoms with Crippen LogP contribution < -0.4 is 29.1 Å². The molecule has 3 aliphatic rings. The standard InChI is InChI=1S/C38H26N6.C28H19N3.C22H15N5S2.C22H12N2O2.4Pt/c1-3-15-29(16-4-1)43-35-23-9-7-19-33(35)41-37(43)25-27-13-11-21-31(39-27)32-22-12-14-28(40-32)26-38-42-34-20-8-10-24-36(34)44(38)30-17-5-2-6-18-30;1-4-12-22(13-5-1)25-18-10-20-27(29-25)31(24-16-8-3-9-17-24)28-21-11-19-26(30-28)23-14-6-2-7-15-23;1-2-6-16(7-3-1)27(19-10-4-8-17(25-19)21-23-12-14-28-21)20-11-5-9-18(26-20)22-24-13-15-29-22;1-5-15-13-17(7-1)25-18-8-2-6-16(14-18)20-10-4-12-22(24-20)26-21-11-3-9-19(15)23-21;;;;/h1-26H;1-12,14,16-21H;1-15H;1-12H;;;;/q2*-2;;-2;;3*+2. The van der Waals surface area contributed by atoms with Crippen molar-refractivity contribution in [2.24, 2.45) is 0 Å². The fraction of sp³-hybridized carbons (Fsp3) is 0. The first-order valence-electron chi connectivity index (χ1n) is 41.8. The van der Waals surface area contributed by atoms with Crippen molar-refractivity contribution in [2.45, 2.75) is 0 Å². The molecule has 0 amide bonds. The van der Waals surface area contributed by atoms with Gasteiger partial charge in [0.25, 0.3) is 0 Å². The van der Waals surface area contributed by atoms with Crippen LogP contribution in [0.15, 0.2) is 435 Å². The summed E-state index contributed by atoms with van der Waals surface area (Å²) in [7, 11) is 0. The molecule has 3 aliphatic heterocycles. The smallest absolute Gasteiger partial charge is 0.497 e. The quantitative estimate of drug-likeness (QED) is 0.0881. The second-order valence-corrected chi connectivity index (χ2v) is 31.1. The Morgan fingerprint density at radius 3 is 1.02 bits per heavy atom. The molecule has 656 valence electrons. The first kappa shape index (κ1) is 92.6. The number of rotatable bonds is 15. The Labute approximate surface area is 841 Å². The number of aromatic nitrogens is 10. The minimum absolute atomic E-state index is 0. The fourth-order valence-electron chi connectivity index (χ4n) is 14.8. The molecule has 20 aromatic rings. The Morgan fingerprint density at radius 2 is 0.627 bits per heavy atom. The van der Waals surface area contributed by atoms with E-state index in [1.165, 1.54) is 0 Å². The molecule has 18 nitrogen and oxygen atoms in total. The molecule has 24 heteroatoms. The molecule has 8 bridgehead atoms. The molecule has 10 aromatic heterocycles. The van der Waals surface area contributed by atoms with Crippen molar-refractivity contribution in [2.75, 3.05) is 19.6 Å². The topological polar surface area (TPSA) is 189 Å². The maximum atomic E-state index is 5.95. The van der Waals surface area contributed by atoms with Gasteiger partial charge in [-0.1, -0.05) is 242 Å². The normalized spacial score (nSPS) is 12.0. The number of nitrogens with zero attached hydrogens (tertiary/aromatic N) is 16. The molecule has 0 spiro atoms. The van der Waals surface area contributed by atoms with E-state index in [9.17, 15) is 0 Å². The van der Waals surface area contributed by atoms with Crippen LogP contribution in [0.2, 0.25) is 0 Å². The predicted molar refractivity (Wildman–Crippen MR) is 521 cm³/mol. The van der Waals surface area contributed by atoms with E-state index in [-0.39, 0.29) is 84.3 Å². The molecule has 0 unspecified atom stereocenters. The fourth-order valence-corrected chi connectivity index (χ4v) is 16.0. The molecule has 23 rings (SSSR count). The monoisotopic (exact) mass is 2490 g/mol. The Bertz CT molecular complexity index is 6890. The van der Waals surface area contributed by atoms with Gasteiger partial charge in [0.2, 0.25) is 11.8 Å². The molecule has 10 aromatic carbocycles. The van der Waals surface area contributed by atoms with Crippen LogP contribution in [0.25, 0.3) is 101 Å². The van der Waals surface area contributed by atoms with Gasteiger partial charge >= 0.3 is 63.2 Å². The summed E-state index contributed by atoms with van der Waals surface area (Å²) in [5.41, 5.74) is 19.7. The maximum absolute atomic E-state index is 5.95. The summed E-state index contributed by atoms with van der Waals surface area (Å²) in [6.45, 7) is 0. The van der Waals surface area contributed by atoms with Crippen LogP contribution in [-0.4, -0.2) is 49.8 Å². The van der Waals surface area contributed by atoms with Gasteiger partial charge in [-0.2, -0.15) is 0 Å². The summed E-state index contributed by atoms with van der Waals surface area (Å²) in [6.07, 6.45) is 7.63. The van der Waals surface area contributed by atoms with Gasteiger partial charge in [0, 0.05) is 67.1 Å². The molecule has 0 radical (unpaired) electrons. The van der Waals surface area contributed by atoms with Crippen molar-refractivity contribution in [1.29, 1.82) is 0 Å². The van der Waals surface area contributed by atoms with Crippen LogP contribution >= 0.6 is 22.7 Å². The number of pyridine rings is 8. The number of fused-ring (bicyclic) bond motifs is 12. The summed E-state index contributed by atoms with van der Waals surface area (Å²) >= 11 is 3.15. The van der Waals surface area contributed by atoms with Gasteiger partial charge in [0.15, 0.2) is 0 Å². The SMILES string of the molecule is C(=C1[N-]c2ccccc2N1c1ccccc1)c1cccc(-c2cccc(C=C3[N-]c4ccccc4N3c3ccccc3)n2)n1.[Pt+2].[Pt+2].[Pt+2].[Pt].[c-]1c2cccc1-c1cccc(n1)Oc1cccc(n1)-c1[c-]c(ccc1)O2.[c-]1ccccc1-c1cccc(N(c2ccccc2)c2cccc(-c3[c-]cccc3)n2)n1.c1ccc(N(c2cccc(-c3nccs3)n2)c2cccc(-c3nccs3)n2)cc1. The summed E-state index contributed by atoms with van der Waals surface area (Å²) < 4.78 is 11.8. The molecule has 0 saturated heterocycles. The molecule has 0 atom stereocenters.